The third-order valence-electron chi connectivity index (χ3n) is 3.63. The van der Waals surface area contributed by atoms with Crippen LogP contribution in [0.15, 0.2) is 18.2 Å². The summed E-state index contributed by atoms with van der Waals surface area (Å²) in [5.74, 6) is -0.157. The number of hydrogen-bond acceptors (Lipinski definition) is 3. The SMILES string of the molecule is CCC(N)Cc1cccc(F)c1N1CCOC(C)C1. The zero-order valence-electron chi connectivity index (χ0n) is 11.7. The van der Waals surface area contributed by atoms with Crippen LogP contribution in [0.3, 0.4) is 0 Å². The predicted molar refractivity (Wildman–Crippen MR) is 76.0 cm³/mol. The van der Waals surface area contributed by atoms with Gasteiger partial charge in [-0.15, -0.1) is 0 Å². The lowest BCUT2D eigenvalue weighted by atomic mass is 10.0. The summed E-state index contributed by atoms with van der Waals surface area (Å²) >= 11 is 0. The summed E-state index contributed by atoms with van der Waals surface area (Å²) in [5, 5.41) is 0. The monoisotopic (exact) mass is 266 g/mol. The average Bonchev–Trinajstić information content (AvgIpc) is 2.38. The van der Waals surface area contributed by atoms with E-state index in [0.29, 0.717) is 12.3 Å². The summed E-state index contributed by atoms with van der Waals surface area (Å²) in [4.78, 5) is 2.08. The van der Waals surface area contributed by atoms with Crippen LogP contribution in [0.5, 0.6) is 0 Å². The van der Waals surface area contributed by atoms with E-state index in [1.165, 1.54) is 6.07 Å². The summed E-state index contributed by atoms with van der Waals surface area (Å²) in [6, 6.07) is 5.35. The van der Waals surface area contributed by atoms with E-state index >= 15 is 0 Å². The average molecular weight is 266 g/mol. The first-order valence-corrected chi connectivity index (χ1v) is 7.01. The molecule has 3 nitrogen and oxygen atoms in total. The normalized spacial score (nSPS) is 21.5. The van der Waals surface area contributed by atoms with Crippen LogP contribution in [-0.2, 0) is 11.2 Å². The number of nitrogens with zero attached hydrogens (tertiary/aromatic N) is 1. The Balaban J connectivity index is 2.26. The van der Waals surface area contributed by atoms with Gasteiger partial charge < -0.3 is 15.4 Å². The predicted octanol–water partition coefficient (Wildman–Crippen LogP) is 2.33. The van der Waals surface area contributed by atoms with E-state index in [-0.39, 0.29) is 18.0 Å². The Bertz CT molecular complexity index is 425. The molecule has 2 N–H and O–H groups in total. The summed E-state index contributed by atoms with van der Waals surface area (Å²) < 4.78 is 19.7. The van der Waals surface area contributed by atoms with E-state index in [1.807, 2.05) is 13.0 Å². The molecule has 0 bridgehead atoms. The van der Waals surface area contributed by atoms with Gasteiger partial charge in [0.2, 0.25) is 0 Å². The molecule has 19 heavy (non-hydrogen) atoms. The van der Waals surface area contributed by atoms with Crippen molar-refractivity contribution in [3.05, 3.63) is 29.6 Å². The first-order chi connectivity index (χ1) is 9.11. The van der Waals surface area contributed by atoms with E-state index in [1.54, 1.807) is 6.07 Å². The maximum Gasteiger partial charge on any atom is 0.146 e. The van der Waals surface area contributed by atoms with Gasteiger partial charge in [-0.3, -0.25) is 0 Å². The van der Waals surface area contributed by atoms with E-state index in [0.717, 1.165) is 31.5 Å². The lowest BCUT2D eigenvalue weighted by Gasteiger charge is -2.34. The molecule has 1 aliphatic rings. The largest absolute Gasteiger partial charge is 0.375 e. The van der Waals surface area contributed by atoms with Gasteiger partial charge >= 0.3 is 0 Å². The number of anilines is 1. The topological polar surface area (TPSA) is 38.5 Å². The minimum Gasteiger partial charge on any atom is -0.375 e. The van der Waals surface area contributed by atoms with Crippen molar-refractivity contribution in [2.24, 2.45) is 5.73 Å². The third-order valence-corrected chi connectivity index (χ3v) is 3.63. The van der Waals surface area contributed by atoms with E-state index in [2.05, 4.69) is 11.8 Å². The minimum atomic E-state index is -0.157. The molecule has 0 amide bonds. The van der Waals surface area contributed by atoms with E-state index < -0.39 is 0 Å². The Morgan fingerprint density at radius 2 is 2.32 bits per heavy atom. The van der Waals surface area contributed by atoms with Gasteiger partial charge in [0.25, 0.3) is 0 Å². The van der Waals surface area contributed by atoms with Gasteiger partial charge in [-0.2, -0.15) is 0 Å². The molecular weight excluding hydrogens is 243 g/mol. The molecule has 0 spiro atoms. The van der Waals surface area contributed by atoms with Gasteiger partial charge in [-0.25, -0.2) is 4.39 Å². The molecule has 0 radical (unpaired) electrons. The minimum absolute atomic E-state index is 0.0824. The molecule has 106 valence electrons. The Hall–Kier alpha value is -1.13. The molecule has 0 aliphatic carbocycles. The molecule has 4 heteroatoms. The van der Waals surface area contributed by atoms with Crippen LogP contribution in [0, 0.1) is 5.82 Å². The molecule has 2 atom stereocenters. The van der Waals surface area contributed by atoms with Gasteiger partial charge in [0, 0.05) is 19.1 Å². The van der Waals surface area contributed by atoms with Gasteiger partial charge in [-0.1, -0.05) is 19.1 Å². The Morgan fingerprint density at radius 3 is 3.00 bits per heavy atom. The van der Waals surface area contributed by atoms with Crippen molar-refractivity contribution in [2.75, 3.05) is 24.6 Å². The maximum atomic E-state index is 14.2. The third kappa shape index (κ3) is 3.45. The van der Waals surface area contributed by atoms with Gasteiger partial charge in [0.15, 0.2) is 0 Å². The van der Waals surface area contributed by atoms with Crippen LogP contribution in [-0.4, -0.2) is 31.8 Å². The first-order valence-electron chi connectivity index (χ1n) is 7.01. The molecule has 1 aliphatic heterocycles. The summed E-state index contributed by atoms with van der Waals surface area (Å²) in [6.45, 7) is 6.19. The number of halogens is 1. The van der Waals surface area contributed by atoms with Crippen molar-refractivity contribution in [3.8, 4) is 0 Å². The van der Waals surface area contributed by atoms with Gasteiger partial charge in [0.1, 0.15) is 5.82 Å². The zero-order chi connectivity index (χ0) is 13.8. The second-order valence-corrected chi connectivity index (χ2v) is 5.25. The molecule has 2 unspecified atom stereocenters. The second-order valence-electron chi connectivity index (χ2n) is 5.25. The van der Waals surface area contributed by atoms with Crippen LogP contribution in [0.2, 0.25) is 0 Å². The van der Waals surface area contributed by atoms with Crippen LogP contribution in [0.4, 0.5) is 10.1 Å². The zero-order valence-corrected chi connectivity index (χ0v) is 11.7. The fourth-order valence-corrected chi connectivity index (χ4v) is 2.53. The number of rotatable bonds is 4. The Kier molecular flexibility index (Phi) is 4.77. The molecule has 0 aromatic heterocycles. The fourth-order valence-electron chi connectivity index (χ4n) is 2.53. The van der Waals surface area contributed by atoms with Crippen molar-refractivity contribution in [1.29, 1.82) is 0 Å². The molecule has 0 saturated carbocycles. The quantitative estimate of drug-likeness (QED) is 0.909. The number of benzene rings is 1. The highest BCUT2D eigenvalue weighted by molar-refractivity contribution is 5.55. The smallest absolute Gasteiger partial charge is 0.146 e. The highest BCUT2D eigenvalue weighted by Gasteiger charge is 2.22. The standard InChI is InChI=1S/C15H23FN2O/c1-3-13(17)9-12-5-4-6-14(16)15(12)18-7-8-19-11(2)10-18/h4-6,11,13H,3,7-10,17H2,1-2H3. The van der Waals surface area contributed by atoms with Crippen LogP contribution in [0.1, 0.15) is 25.8 Å². The van der Waals surface area contributed by atoms with Crippen molar-refractivity contribution in [1.82, 2.24) is 0 Å². The van der Waals surface area contributed by atoms with Gasteiger partial charge in [-0.05, 0) is 31.4 Å². The lowest BCUT2D eigenvalue weighted by molar-refractivity contribution is 0.0529. The molecule has 1 fully saturated rings. The summed E-state index contributed by atoms with van der Waals surface area (Å²) in [5.41, 5.74) is 7.73. The molecular formula is C15H23FN2O. The number of nitrogens with two attached hydrogens (primary N) is 1. The van der Waals surface area contributed by atoms with Crippen molar-refractivity contribution in [2.45, 2.75) is 38.8 Å². The van der Waals surface area contributed by atoms with Crippen molar-refractivity contribution < 1.29 is 9.13 Å². The highest BCUT2D eigenvalue weighted by atomic mass is 19.1. The number of para-hydroxylation sites is 1. The number of morpholine rings is 1. The molecule has 2 rings (SSSR count). The highest BCUT2D eigenvalue weighted by Crippen LogP contribution is 2.27. The number of ether oxygens (including phenoxy) is 1. The Morgan fingerprint density at radius 1 is 1.53 bits per heavy atom. The summed E-state index contributed by atoms with van der Waals surface area (Å²) in [7, 11) is 0. The van der Waals surface area contributed by atoms with Gasteiger partial charge in [0.05, 0.1) is 18.4 Å². The first kappa shape index (κ1) is 14.3. The van der Waals surface area contributed by atoms with E-state index in [4.69, 9.17) is 10.5 Å². The molecule has 1 saturated heterocycles. The fraction of sp³-hybridized carbons (Fsp3) is 0.600. The van der Waals surface area contributed by atoms with Crippen molar-refractivity contribution in [3.63, 3.8) is 0 Å². The van der Waals surface area contributed by atoms with Crippen LogP contribution in [0.25, 0.3) is 0 Å². The van der Waals surface area contributed by atoms with E-state index in [9.17, 15) is 4.39 Å². The molecule has 1 aromatic carbocycles. The second kappa shape index (κ2) is 6.35. The van der Waals surface area contributed by atoms with Crippen LogP contribution >= 0.6 is 0 Å². The summed E-state index contributed by atoms with van der Waals surface area (Å²) in [6.07, 6.45) is 1.76. The van der Waals surface area contributed by atoms with Crippen LogP contribution < -0.4 is 10.6 Å². The molecule has 1 heterocycles. The maximum absolute atomic E-state index is 14.2. The molecule has 1 aromatic rings. The lowest BCUT2D eigenvalue weighted by Crippen LogP contribution is -2.42. The van der Waals surface area contributed by atoms with Crippen molar-refractivity contribution >= 4 is 5.69 Å². The Labute approximate surface area is 114 Å². The number of hydrogen-bond donors (Lipinski definition) is 1.